The van der Waals surface area contributed by atoms with E-state index in [1.807, 2.05) is 106 Å². The third-order valence-corrected chi connectivity index (χ3v) is 10.0. The first-order valence-electron chi connectivity index (χ1n) is 15.5. The number of aliphatic hydroxyl groups excluding tert-OH is 1. The Hall–Kier alpha value is -4.29. The van der Waals surface area contributed by atoms with E-state index in [9.17, 15) is 14.7 Å². The Morgan fingerprint density at radius 2 is 1.65 bits per heavy atom. The number of H-pyrrole nitrogens is 1. The van der Waals surface area contributed by atoms with Crippen LogP contribution in [0.25, 0.3) is 10.3 Å². The van der Waals surface area contributed by atoms with Crippen molar-refractivity contribution in [3.05, 3.63) is 122 Å². The monoisotopic (exact) mass is 641 g/mol. The van der Waals surface area contributed by atoms with Crippen molar-refractivity contribution in [1.29, 1.82) is 0 Å². The Morgan fingerprint density at radius 3 is 2.22 bits per heavy atom. The normalized spacial score (nSPS) is 19.6. The number of aromatic amines is 1. The first kappa shape index (κ1) is 31.7. The number of rotatable bonds is 11. The maximum absolute atomic E-state index is 13.7. The van der Waals surface area contributed by atoms with Crippen LogP contribution in [0.4, 0.5) is 5.95 Å². The molecule has 5 aromatic rings. The number of aromatic nitrogens is 3. The van der Waals surface area contributed by atoms with Crippen LogP contribution in [0.3, 0.4) is 0 Å². The van der Waals surface area contributed by atoms with Gasteiger partial charge in [0.1, 0.15) is 22.2 Å². The minimum Gasteiger partial charge on any atom is -0.497 e. The van der Waals surface area contributed by atoms with Crippen molar-refractivity contribution in [3.8, 4) is 5.75 Å². The smallest absolute Gasteiger partial charge is 0.311 e. The van der Waals surface area contributed by atoms with Crippen LogP contribution in [-0.4, -0.2) is 52.0 Å². The number of benzene rings is 3. The zero-order valence-corrected chi connectivity index (χ0v) is 27.1. The van der Waals surface area contributed by atoms with Gasteiger partial charge in [0.2, 0.25) is 5.95 Å². The molecule has 0 amide bonds. The maximum Gasteiger partial charge on any atom is 0.311 e. The third kappa shape index (κ3) is 5.64. The van der Waals surface area contributed by atoms with Crippen molar-refractivity contribution in [2.45, 2.75) is 56.7 Å². The van der Waals surface area contributed by atoms with Crippen molar-refractivity contribution in [3.63, 3.8) is 0 Å². The quantitative estimate of drug-likeness (QED) is 0.151. The minimum atomic E-state index is -0.997. The van der Waals surface area contributed by atoms with Gasteiger partial charge in [0.05, 0.1) is 19.3 Å². The second-order valence-electron chi connectivity index (χ2n) is 11.7. The standard InChI is InChI=1S/C35H39N5O5S/c1-5-27(41)28-20-26(21(2)36-3)32(45-28)40-30-29(46-34(40)43)31(42)38-33(37-30)39-35(22-12-8-6-9-13-22,23-14-10-7-11-15-23)24-16-18-25(44-4)19-17-24/h6-19,21,26-28,32,36,41H,5,20H2,1-4H3,(H2,37,38,39,42)/t21?,26-,27?,28-,32+/m0/s1. The zero-order chi connectivity index (χ0) is 32.4. The molecule has 46 heavy (non-hydrogen) atoms. The zero-order valence-electron chi connectivity index (χ0n) is 26.3. The van der Waals surface area contributed by atoms with E-state index in [1.165, 1.54) is 4.57 Å². The molecule has 2 unspecified atom stereocenters. The predicted octanol–water partition coefficient (Wildman–Crippen LogP) is 4.84. The summed E-state index contributed by atoms with van der Waals surface area (Å²) in [5.41, 5.74) is 1.51. The molecule has 1 saturated heterocycles. The molecule has 0 bridgehead atoms. The SMILES string of the molecule is CCC(O)[C@@H]1C[C@@H](C(C)NC)[C@H](n2c(=O)sc3c(=O)[nH]c(NC(c4ccccc4)(c4ccccc4)c4ccc(OC)cc4)nc32)O1. The van der Waals surface area contributed by atoms with Gasteiger partial charge in [-0.25, -0.2) is 0 Å². The molecular weight excluding hydrogens is 602 g/mol. The van der Waals surface area contributed by atoms with Gasteiger partial charge in [0.15, 0.2) is 5.65 Å². The van der Waals surface area contributed by atoms with Crippen LogP contribution >= 0.6 is 11.3 Å². The van der Waals surface area contributed by atoms with Gasteiger partial charge in [0.25, 0.3) is 5.56 Å². The van der Waals surface area contributed by atoms with E-state index < -0.39 is 29.5 Å². The number of anilines is 1. The van der Waals surface area contributed by atoms with Crippen LogP contribution in [0.2, 0.25) is 0 Å². The third-order valence-electron chi connectivity index (χ3n) is 9.10. The van der Waals surface area contributed by atoms with E-state index in [0.717, 1.165) is 28.0 Å². The molecule has 5 atom stereocenters. The number of methoxy groups -OCH3 is 1. The van der Waals surface area contributed by atoms with Gasteiger partial charge in [-0.05, 0) is 55.6 Å². The van der Waals surface area contributed by atoms with Gasteiger partial charge in [-0.3, -0.25) is 19.1 Å². The Bertz CT molecular complexity index is 1850. The number of ether oxygens (including phenoxy) is 2. The summed E-state index contributed by atoms with van der Waals surface area (Å²) in [4.78, 5) is 34.8. The lowest BCUT2D eigenvalue weighted by Gasteiger charge is -2.37. The number of fused-ring (bicyclic) bond motifs is 1. The molecule has 4 N–H and O–H groups in total. The predicted molar refractivity (Wildman–Crippen MR) is 181 cm³/mol. The summed E-state index contributed by atoms with van der Waals surface area (Å²) in [6, 6.07) is 27.6. The molecule has 240 valence electrons. The lowest BCUT2D eigenvalue weighted by atomic mass is 9.77. The second kappa shape index (κ2) is 13.2. The summed E-state index contributed by atoms with van der Waals surface area (Å²) in [5, 5.41) is 17.6. The summed E-state index contributed by atoms with van der Waals surface area (Å²) < 4.78 is 13.5. The van der Waals surface area contributed by atoms with E-state index in [-0.39, 0.29) is 33.1 Å². The number of nitrogens with zero attached hydrogens (tertiary/aromatic N) is 2. The van der Waals surface area contributed by atoms with E-state index in [1.54, 1.807) is 7.11 Å². The number of aliphatic hydroxyl groups is 1. The average molecular weight is 642 g/mol. The van der Waals surface area contributed by atoms with Crippen molar-refractivity contribution in [2.24, 2.45) is 5.92 Å². The largest absolute Gasteiger partial charge is 0.497 e. The van der Waals surface area contributed by atoms with Crippen LogP contribution in [0.5, 0.6) is 5.75 Å². The fourth-order valence-electron chi connectivity index (χ4n) is 6.47. The number of hydrogen-bond donors (Lipinski definition) is 4. The number of thiazole rings is 1. The Balaban J connectivity index is 1.55. The molecule has 0 radical (unpaired) electrons. The first-order valence-corrected chi connectivity index (χ1v) is 16.3. The molecule has 6 rings (SSSR count). The number of nitrogens with one attached hydrogen (secondary N) is 3. The summed E-state index contributed by atoms with van der Waals surface area (Å²) in [6.45, 7) is 3.93. The van der Waals surface area contributed by atoms with Gasteiger partial charge in [0, 0.05) is 12.0 Å². The van der Waals surface area contributed by atoms with E-state index >= 15 is 0 Å². The molecule has 1 aliphatic rings. The van der Waals surface area contributed by atoms with E-state index in [2.05, 4.69) is 15.6 Å². The second-order valence-corrected chi connectivity index (χ2v) is 12.6. The summed E-state index contributed by atoms with van der Waals surface area (Å²) in [7, 11) is 3.48. The summed E-state index contributed by atoms with van der Waals surface area (Å²) in [5.74, 6) is 0.757. The van der Waals surface area contributed by atoms with Crippen molar-refractivity contribution in [2.75, 3.05) is 19.5 Å². The molecule has 0 aliphatic carbocycles. The molecule has 11 heteroatoms. The van der Waals surface area contributed by atoms with Gasteiger partial charge < -0.3 is 25.2 Å². The van der Waals surface area contributed by atoms with Crippen LogP contribution < -0.4 is 25.8 Å². The highest BCUT2D eigenvalue weighted by Crippen LogP contribution is 2.41. The molecule has 0 spiro atoms. The summed E-state index contributed by atoms with van der Waals surface area (Å²) in [6.07, 6.45) is -0.756. The fourth-order valence-corrected chi connectivity index (χ4v) is 7.31. The highest BCUT2D eigenvalue weighted by atomic mass is 32.1. The first-order chi connectivity index (χ1) is 22.3. The van der Waals surface area contributed by atoms with E-state index in [0.29, 0.717) is 18.6 Å². The average Bonchev–Trinajstić information content (AvgIpc) is 3.68. The van der Waals surface area contributed by atoms with Crippen LogP contribution in [-0.2, 0) is 10.3 Å². The van der Waals surface area contributed by atoms with Crippen LogP contribution in [0, 0.1) is 5.92 Å². The van der Waals surface area contributed by atoms with Crippen LogP contribution in [0.15, 0.2) is 94.5 Å². The van der Waals surface area contributed by atoms with Crippen molar-refractivity contribution in [1.82, 2.24) is 19.9 Å². The number of hydrogen-bond acceptors (Lipinski definition) is 9. The Labute approximate surface area is 271 Å². The molecular formula is C35H39N5O5S. The molecule has 1 fully saturated rings. The van der Waals surface area contributed by atoms with Gasteiger partial charge >= 0.3 is 4.87 Å². The van der Waals surface area contributed by atoms with E-state index in [4.69, 9.17) is 14.5 Å². The molecule has 1 aliphatic heterocycles. The van der Waals surface area contributed by atoms with Gasteiger partial charge in [-0.15, -0.1) is 0 Å². The molecule has 3 aromatic carbocycles. The van der Waals surface area contributed by atoms with Crippen LogP contribution in [0.1, 0.15) is 49.6 Å². The van der Waals surface area contributed by atoms with Crippen molar-refractivity contribution >= 4 is 27.6 Å². The highest BCUT2D eigenvalue weighted by Gasteiger charge is 2.43. The highest BCUT2D eigenvalue weighted by molar-refractivity contribution is 7.16. The molecule has 3 heterocycles. The maximum atomic E-state index is 13.7. The van der Waals surface area contributed by atoms with Gasteiger partial charge in [-0.2, -0.15) is 4.98 Å². The lowest BCUT2D eigenvalue weighted by molar-refractivity contribution is -0.0669. The molecule has 2 aromatic heterocycles. The van der Waals surface area contributed by atoms with Crippen molar-refractivity contribution < 1.29 is 14.6 Å². The fraction of sp³-hybridized carbons (Fsp3) is 0.343. The molecule has 10 nitrogen and oxygen atoms in total. The Morgan fingerprint density at radius 1 is 1.04 bits per heavy atom. The topological polar surface area (TPSA) is 130 Å². The molecule has 0 saturated carbocycles. The minimum absolute atomic E-state index is 0.0284. The van der Waals surface area contributed by atoms with Gasteiger partial charge in [-0.1, -0.05) is 91.1 Å². The summed E-state index contributed by atoms with van der Waals surface area (Å²) >= 11 is 0.845. The Kier molecular flexibility index (Phi) is 9.10. The lowest BCUT2D eigenvalue weighted by Crippen LogP contribution is -2.39.